The molecule has 0 saturated heterocycles. The molecule has 1 aliphatic heterocycles. The van der Waals surface area contributed by atoms with Crippen LogP contribution in [0.2, 0.25) is 0 Å². The zero-order valence-electron chi connectivity index (χ0n) is 15.2. The lowest BCUT2D eigenvalue weighted by Gasteiger charge is -2.20. The third-order valence-electron chi connectivity index (χ3n) is 4.07. The van der Waals surface area contributed by atoms with E-state index in [-0.39, 0.29) is 12.8 Å². The van der Waals surface area contributed by atoms with Gasteiger partial charge in [0.1, 0.15) is 5.75 Å². The van der Waals surface area contributed by atoms with Gasteiger partial charge in [-0.2, -0.15) is 0 Å². The number of amides is 2. The van der Waals surface area contributed by atoms with Gasteiger partial charge in [0.2, 0.25) is 6.79 Å². The number of hydrogen-bond acceptors (Lipinski definition) is 4. The maximum Gasteiger partial charge on any atom is 0.317 e. The Morgan fingerprint density at radius 2 is 1.88 bits per heavy atom. The quantitative estimate of drug-likeness (QED) is 0.773. The van der Waals surface area contributed by atoms with Gasteiger partial charge in [-0.15, -0.1) is 0 Å². The van der Waals surface area contributed by atoms with Crippen LogP contribution in [-0.2, 0) is 6.54 Å². The molecule has 0 fully saturated rings. The van der Waals surface area contributed by atoms with Gasteiger partial charge in [0.05, 0.1) is 0 Å². The second-order valence-corrected chi connectivity index (χ2v) is 6.47. The summed E-state index contributed by atoms with van der Waals surface area (Å²) in [6, 6.07) is 13.2. The molecule has 1 heterocycles. The van der Waals surface area contributed by atoms with Crippen molar-refractivity contribution >= 4 is 6.03 Å². The molecule has 3 rings (SSSR count). The third-order valence-corrected chi connectivity index (χ3v) is 4.07. The van der Waals surface area contributed by atoms with Crippen molar-refractivity contribution in [1.82, 2.24) is 10.6 Å². The largest absolute Gasteiger partial charge is 0.471 e. The third kappa shape index (κ3) is 4.39. The summed E-state index contributed by atoms with van der Waals surface area (Å²) in [5.41, 5.74) is 2.05. The van der Waals surface area contributed by atoms with Gasteiger partial charge in [-0.25, -0.2) is 4.79 Å². The van der Waals surface area contributed by atoms with Crippen LogP contribution in [0.15, 0.2) is 42.5 Å². The van der Waals surface area contributed by atoms with E-state index in [1.807, 2.05) is 42.5 Å². The Kier molecular flexibility index (Phi) is 5.51. The minimum Gasteiger partial charge on any atom is -0.471 e. The van der Waals surface area contributed by atoms with Crippen LogP contribution in [0, 0.1) is 0 Å². The first kappa shape index (κ1) is 17.9. The number of carbonyl (C=O) groups excluding carboxylic acids is 1. The molecule has 6 heteroatoms. The monoisotopic (exact) mass is 356 g/mol. The predicted molar refractivity (Wildman–Crippen MR) is 98.6 cm³/mol. The number of nitrogens with one attached hydrogen (secondary N) is 2. The van der Waals surface area contributed by atoms with Gasteiger partial charge in [-0.3, -0.25) is 0 Å². The van der Waals surface area contributed by atoms with E-state index in [0.29, 0.717) is 18.2 Å². The minimum absolute atomic E-state index is 0.236. The van der Waals surface area contributed by atoms with E-state index in [4.69, 9.17) is 14.2 Å². The fourth-order valence-electron chi connectivity index (χ4n) is 2.75. The van der Waals surface area contributed by atoms with Crippen LogP contribution in [0.3, 0.4) is 0 Å². The number of fused-ring (bicyclic) bond motifs is 1. The molecule has 2 aromatic carbocycles. The highest BCUT2D eigenvalue weighted by atomic mass is 16.7. The highest BCUT2D eigenvalue weighted by molar-refractivity contribution is 5.74. The van der Waals surface area contributed by atoms with Gasteiger partial charge in [0.15, 0.2) is 17.7 Å². The van der Waals surface area contributed by atoms with Crippen molar-refractivity contribution in [3.8, 4) is 17.2 Å². The standard InChI is InChI=1S/C20H24N2O4/c1-13(2)16-6-4-5-7-17(16)26-14(3)22-20(23)21-11-15-8-9-18-19(10-15)25-12-24-18/h4-10,13-14H,11-12H2,1-3H3,(H2,21,22,23). The summed E-state index contributed by atoms with van der Waals surface area (Å²) in [7, 11) is 0. The molecule has 6 nitrogen and oxygen atoms in total. The number of benzene rings is 2. The molecule has 0 aromatic heterocycles. The van der Waals surface area contributed by atoms with Gasteiger partial charge in [0, 0.05) is 6.54 Å². The fraction of sp³-hybridized carbons (Fsp3) is 0.350. The Morgan fingerprint density at radius 3 is 2.69 bits per heavy atom. The van der Waals surface area contributed by atoms with Crippen LogP contribution in [0.1, 0.15) is 37.8 Å². The highest BCUT2D eigenvalue weighted by Gasteiger charge is 2.15. The first-order valence-electron chi connectivity index (χ1n) is 8.71. The van der Waals surface area contributed by atoms with Crippen LogP contribution in [0.25, 0.3) is 0 Å². The second-order valence-electron chi connectivity index (χ2n) is 6.47. The van der Waals surface area contributed by atoms with Crippen LogP contribution in [-0.4, -0.2) is 19.1 Å². The van der Waals surface area contributed by atoms with Gasteiger partial charge in [-0.05, 0) is 42.2 Å². The fourth-order valence-corrected chi connectivity index (χ4v) is 2.75. The predicted octanol–water partition coefficient (Wildman–Crippen LogP) is 3.76. The molecule has 1 aliphatic rings. The minimum atomic E-state index is -0.452. The van der Waals surface area contributed by atoms with Crippen LogP contribution < -0.4 is 24.8 Å². The van der Waals surface area contributed by atoms with Crippen molar-refractivity contribution in [2.24, 2.45) is 0 Å². The van der Waals surface area contributed by atoms with E-state index in [2.05, 4.69) is 24.5 Å². The van der Waals surface area contributed by atoms with Crippen molar-refractivity contribution in [3.05, 3.63) is 53.6 Å². The number of rotatable bonds is 6. The molecule has 1 atom stereocenters. The molecule has 2 aromatic rings. The van der Waals surface area contributed by atoms with E-state index in [1.54, 1.807) is 6.92 Å². The van der Waals surface area contributed by atoms with E-state index in [9.17, 15) is 4.79 Å². The lowest BCUT2D eigenvalue weighted by molar-refractivity contribution is 0.173. The van der Waals surface area contributed by atoms with E-state index in [1.165, 1.54) is 0 Å². The summed E-state index contributed by atoms with van der Waals surface area (Å²) in [5.74, 6) is 2.56. The Labute approximate surface area is 153 Å². The lowest BCUT2D eigenvalue weighted by atomic mass is 10.0. The molecule has 0 radical (unpaired) electrons. The van der Waals surface area contributed by atoms with Crippen LogP contribution in [0.4, 0.5) is 4.79 Å². The van der Waals surface area contributed by atoms with Crippen LogP contribution >= 0.6 is 0 Å². The Morgan fingerprint density at radius 1 is 1.12 bits per heavy atom. The first-order valence-corrected chi connectivity index (χ1v) is 8.71. The molecule has 0 aliphatic carbocycles. The van der Waals surface area contributed by atoms with Gasteiger partial charge >= 0.3 is 6.03 Å². The van der Waals surface area contributed by atoms with Gasteiger partial charge in [-0.1, -0.05) is 38.1 Å². The van der Waals surface area contributed by atoms with Crippen molar-refractivity contribution in [3.63, 3.8) is 0 Å². The smallest absolute Gasteiger partial charge is 0.317 e. The average Bonchev–Trinajstić information content (AvgIpc) is 3.08. The molecule has 138 valence electrons. The zero-order valence-corrected chi connectivity index (χ0v) is 15.2. The summed E-state index contributed by atoms with van der Waals surface area (Å²) in [5, 5.41) is 5.61. The van der Waals surface area contributed by atoms with Gasteiger partial charge in [0.25, 0.3) is 0 Å². The summed E-state index contributed by atoms with van der Waals surface area (Å²) < 4.78 is 16.5. The molecule has 26 heavy (non-hydrogen) atoms. The van der Waals surface area contributed by atoms with E-state index >= 15 is 0 Å². The summed E-state index contributed by atoms with van der Waals surface area (Å²) in [6.45, 7) is 6.64. The topological polar surface area (TPSA) is 68.8 Å². The van der Waals surface area contributed by atoms with E-state index in [0.717, 1.165) is 22.6 Å². The molecular formula is C20H24N2O4. The zero-order chi connectivity index (χ0) is 18.5. The number of ether oxygens (including phenoxy) is 3. The lowest BCUT2D eigenvalue weighted by Crippen LogP contribution is -2.43. The normalized spacial score (nSPS) is 13.4. The molecule has 0 bridgehead atoms. The second kappa shape index (κ2) is 7.99. The SMILES string of the molecule is CC(NC(=O)NCc1ccc2c(c1)OCO2)Oc1ccccc1C(C)C. The molecule has 0 spiro atoms. The number of carbonyl (C=O) groups is 1. The molecule has 2 amide bonds. The number of para-hydroxylation sites is 1. The van der Waals surface area contributed by atoms with Gasteiger partial charge < -0.3 is 24.8 Å². The summed E-state index contributed by atoms with van der Waals surface area (Å²) >= 11 is 0. The van der Waals surface area contributed by atoms with Crippen LogP contribution in [0.5, 0.6) is 17.2 Å². The average molecular weight is 356 g/mol. The van der Waals surface area contributed by atoms with Crippen molar-refractivity contribution < 1.29 is 19.0 Å². The number of hydrogen-bond donors (Lipinski definition) is 2. The maximum absolute atomic E-state index is 12.1. The Bertz CT molecular complexity index is 776. The summed E-state index contributed by atoms with van der Waals surface area (Å²) in [4.78, 5) is 12.1. The molecular weight excluding hydrogens is 332 g/mol. The van der Waals surface area contributed by atoms with Crippen molar-refractivity contribution in [2.75, 3.05) is 6.79 Å². The highest BCUT2D eigenvalue weighted by Crippen LogP contribution is 2.32. The first-order chi connectivity index (χ1) is 12.5. The van der Waals surface area contributed by atoms with Crippen molar-refractivity contribution in [1.29, 1.82) is 0 Å². The Hall–Kier alpha value is -2.89. The van der Waals surface area contributed by atoms with Crippen molar-refractivity contribution in [2.45, 2.75) is 39.5 Å². The number of urea groups is 1. The molecule has 2 N–H and O–H groups in total. The van der Waals surface area contributed by atoms with E-state index < -0.39 is 6.23 Å². The Balaban J connectivity index is 1.50. The summed E-state index contributed by atoms with van der Waals surface area (Å²) in [6.07, 6.45) is -0.452. The molecule has 1 unspecified atom stereocenters. The maximum atomic E-state index is 12.1. The molecule has 0 saturated carbocycles.